The molecule has 1 rings (SSSR count). The molecule has 0 amide bonds. The normalized spacial score (nSPS) is 20.4. The lowest BCUT2D eigenvalue weighted by molar-refractivity contribution is 0.126. The Hall–Kier alpha value is 0.230. The molecule has 0 aromatic rings. The van der Waals surface area contributed by atoms with E-state index in [-0.39, 0.29) is 0 Å². The number of thioether (sulfide) groups is 1. The van der Waals surface area contributed by atoms with E-state index in [1.807, 2.05) is 6.92 Å². The predicted octanol–water partition coefficient (Wildman–Crippen LogP) is 1.05. The minimum atomic E-state index is 0.476. The molecular weight excluding hydrogens is 208 g/mol. The molecule has 1 fully saturated rings. The van der Waals surface area contributed by atoms with E-state index in [4.69, 9.17) is 4.74 Å². The van der Waals surface area contributed by atoms with Crippen LogP contribution >= 0.6 is 11.8 Å². The van der Waals surface area contributed by atoms with Crippen molar-refractivity contribution in [3.63, 3.8) is 0 Å². The summed E-state index contributed by atoms with van der Waals surface area (Å²) in [5.41, 5.74) is 0. The van der Waals surface area contributed by atoms with Crippen LogP contribution in [-0.4, -0.2) is 61.8 Å². The van der Waals surface area contributed by atoms with Gasteiger partial charge in [0.15, 0.2) is 0 Å². The van der Waals surface area contributed by atoms with Crippen LogP contribution in [0.4, 0.5) is 0 Å². The average molecular weight is 232 g/mol. The first-order valence-electron chi connectivity index (χ1n) is 5.94. The van der Waals surface area contributed by atoms with Crippen LogP contribution in [0, 0.1) is 0 Å². The number of hydrogen-bond donors (Lipinski definition) is 1. The molecule has 1 saturated heterocycles. The van der Waals surface area contributed by atoms with Crippen LogP contribution in [0.2, 0.25) is 0 Å². The Labute approximate surface area is 97.9 Å². The monoisotopic (exact) mass is 232 g/mol. The zero-order chi connectivity index (χ0) is 10.9. The van der Waals surface area contributed by atoms with Crippen LogP contribution in [0.3, 0.4) is 0 Å². The van der Waals surface area contributed by atoms with Gasteiger partial charge in [0.25, 0.3) is 0 Å². The molecule has 0 aromatic heterocycles. The number of hydrogen-bond acceptors (Lipinski definition) is 4. The van der Waals surface area contributed by atoms with E-state index in [0.717, 1.165) is 19.8 Å². The molecule has 0 bridgehead atoms. The Kier molecular flexibility index (Phi) is 7.44. The Morgan fingerprint density at radius 3 is 2.80 bits per heavy atom. The van der Waals surface area contributed by atoms with Gasteiger partial charge in [-0.1, -0.05) is 0 Å². The highest BCUT2D eigenvalue weighted by molar-refractivity contribution is 7.99. The van der Waals surface area contributed by atoms with E-state index < -0.39 is 0 Å². The second-order valence-electron chi connectivity index (χ2n) is 3.97. The van der Waals surface area contributed by atoms with Gasteiger partial charge in [-0.2, -0.15) is 11.8 Å². The standard InChI is InChI=1S/C11H24N2OS/c1-3-14-10-11(2)12-4-5-13-6-8-15-9-7-13/h11-12H,3-10H2,1-2H3. The summed E-state index contributed by atoms with van der Waals surface area (Å²) >= 11 is 2.07. The van der Waals surface area contributed by atoms with Gasteiger partial charge in [-0.15, -0.1) is 0 Å². The van der Waals surface area contributed by atoms with Crippen LogP contribution in [-0.2, 0) is 4.74 Å². The summed E-state index contributed by atoms with van der Waals surface area (Å²) < 4.78 is 5.36. The van der Waals surface area contributed by atoms with Crippen molar-refractivity contribution in [1.82, 2.24) is 10.2 Å². The van der Waals surface area contributed by atoms with Crippen molar-refractivity contribution in [3.05, 3.63) is 0 Å². The zero-order valence-electron chi connectivity index (χ0n) is 10.00. The largest absolute Gasteiger partial charge is 0.380 e. The number of rotatable bonds is 7. The van der Waals surface area contributed by atoms with Crippen molar-refractivity contribution >= 4 is 11.8 Å². The van der Waals surface area contributed by atoms with E-state index in [1.165, 1.54) is 31.1 Å². The lowest BCUT2D eigenvalue weighted by atomic mass is 10.3. The minimum Gasteiger partial charge on any atom is -0.380 e. The van der Waals surface area contributed by atoms with Crippen LogP contribution in [0.25, 0.3) is 0 Å². The third-order valence-corrected chi connectivity index (χ3v) is 3.54. The number of nitrogens with one attached hydrogen (secondary N) is 1. The molecule has 1 aliphatic heterocycles. The van der Waals surface area contributed by atoms with Gasteiger partial charge in [0.1, 0.15) is 0 Å². The van der Waals surface area contributed by atoms with Gasteiger partial charge in [-0.05, 0) is 13.8 Å². The maximum Gasteiger partial charge on any atom is 0.0616 e. The van der Waals surface area contributed by atoms with Crippen LogP contribution in [0.1, 0.15) is 13.8 Å². The van der Waals surface area contributed by atoms with Gasteiger partial charge in [0, 0.05) is 50.3 Å². The molecule has 1 unspecified atom stereocenters. The molecule has 3 nitrogen and oxygen atoms in total. The Bertz CT molecular complexity index is 152. The van der Waals surface area contributed by atoms with Gasteiger partial charge < -0.3 is 15.0 Å². The molecule has 4 heteroatoms. The molecule has 0 radical (unpaired) electrons. The van der Waals surface area contributed by atoms with Gasteiger partial charge in [0.2, 0.25) is 0 Å². The Morgan fingerprint density at radius 2 is 2.13 bits per heavy atom. The van der Waals surface area contributed by atoms with Crippen LogP contribution in [0.15, 0.2) is 0 Å². The molecule has 90 valence electrons. The van der Waals surface area contributed by atoms with Gasteiger partial charge >= 0.3 is 0 Å². The summed E-state index contributed by atoms with van der Waals surface area (Å²) in [5, 5.41) is 3.49. The minimum absolute atomic E-state index is 0.476. The first kappa shape index (κ1) is 13.3. The fraction of sp³-hybridized carbons (Fsp3) is 1.00. The molecule has 0 saturated carbocycles. The summed E-state index contributed by atoms with van der Waals surface area (Å²) in [4.78, 5) is 2.54. The summed E-state index contributed by atoms with van der Waals surface area (Å²) in [6.45, 7) is 10.6. The van der Waals surface area contributed by atoms with Crippen molar-refractivity contribution in [2.45, 2.75) is 19.9 Å². The first-order valence-corrected chi connectivity index (χ1v) is 7.09. The maximum absolute atomic E-state index is 5.36. The van der Waals surface area contributed by atoms with Crippen LogP contribution in [0.5, 0.6) is 0 Å². The third kappa shape index (κ3) is 6.40. The lowest BCUT2D eigenvalue weighted by Crippen LogP contribution is -2.41. The van der Waals surface area contributed by atoms with Crippen molar-refractivity contribution in [2.24, 2.45) is 0 Å². The van der Waals surface area contributed by atoms with E-state index in [2.05, 4.69) is 28.9 Å². The molecule has 1 atom stereocenters. The fourth-order valence-corrected chi connectivity index (χ4v) is 2.63. The molecule has 0 spiro atoms. The Balaban J connectivity index is 1.94. The highest BCUT2D eigenvalue weighted by atomic mass is 32.2. The van der Waals surface area contributed by atoms with Crippen molar-refractivity contribution in [2.75, 3.05) is 50.9 Å². The molecule has 1 aliphatic rings. The van der Waals surface area contributed by atoms with Crippen molar-refractivity contribution < 1.29 is 4.74 Å². The zero-order valence-corrected chi connectivity index (χ0v) is 10.8. The predicted molar refractivity (Wildman–Crippen MR) is 67.7 cm³/mol. The molecule has 1 N–H and O–H groups in total. The van der Waals surface area contributed by atoms with Gasteiger partial charge in [-0.25, -0.2) is 0 Å². The average Bonchev–Trinajstić information content (AvgIpc) is 2.28. The second-order valence-corrected chi connectivity index (χ2v) is 5.19. The van der Waals surface area contributed by atoms with Gasteiger partial charge in [0.05, 0.1) is 6.61 Å². The quantitative estimate of drug-likeness (QED) is 0.709. The van der Waals surface area contributed by atoms with E-state index in [0.29, 0.717) is 6.04 Å². The van der Waals surface area contributed by atoms with E-state index in [1.54, 1.807) is 0 Å². The summed E-state index contributed by atoms with van der Waals surface area (Å²) in [6.07, 6.45) is 0. The number of ether oxygens (including phenoxy) is 1. The summed E-state index contributed by atoms with van der Waals surface area (Å²) in [7, 11) is 0. The molecular formula is C11H24N2OS. The topological polar surface area (TPSA) is 24.5 Å². The maximum atomic E-state index is 5.36. The van der Waals surface area contributed by atoms with Gasteiger partial charge in [-0.3, -0.25) is 0 Å². The molecule has 0 aliphatic carbocycles. The van der Waals surface area contributed by atoms with E-state index in [9.17, 15) is 0 Å². The summed E-state index contributed by atoms with van der Waals surface area (Å²) in [6, 6.07) is 0.476. The second kappa shape index (κ2) is 8.39. The van der Waals surface area contributed by atoms with Crippen molar-refractivity contribution in [3.8, 4) is 0 Å². The van der Waals surface area contributed by atoms with Crippen LogP contribution < -0.4 is 5.32 Å². The lowest BCUT2D eigenvalue weighted by Gasteiger charge is -2.26. The summed E-state index contributed by atoms with van der Waals surface area (Å²) in [5.74, 6) is 2.60. The third-order valence-electron chi connectivity index (χ3n) is 2.60. The van der Waals surface area contributed by atoms with Crippen molar-refractivity contribution in [1.29, 1.82) is 0 Å². The first-order chi connectivity index (χ1) is 7.33. The highest BCUT2D eigenvalue weighted by Crippen LogP contribution is 2.07. The fourth-order valence-electron chi connectivity index (χ4n) is 1.65. The molecule has 1 heterocycles. The SMILES string of the molecule is CCOCC(C)NCCN1CCSCC1. The smallest absolute Gasteiger partial charge is 0.0616 e. The molecule has 15 heavy (non-hydrogen) atoms. The highest BCUT2D eigenvalue weighted by Gasteiger charge is 2.09. The molecule has 0 aromatic carbocycles. The van der Waals surface area contributed by atoms with E-state index >= 15 is 0 Å². The number of nitrogens with zero attached hydrogens (tertiary/aromatic N) is 1. The Morgan fingerprint density at radius 1 is 1.40 bits per heavy atom.